The van der Waals surface area contributed by atoms with Crippen LogP contribution in [-0.2, 0) is 14.6 Å². The fraction of sp³-hybridized carbons (Fsp3) is 0.917. The van der Waals surface area contributed by atoms with Crippen molar-refractivity contribution in [2.75, 3.05) is 19.1 Å². The number of carbonyl (C=O) groups excluding carboxylic acids is 1. The molecule has 5 nitrogen and oxygen atoms in total. The second-order valence-electron chi connectivity index (χ2n) is 6.02. The summed E-state index contributed by atoms with van der Waals surface area (Å²) in [6, 6.07) is -0.719. The number of carbonyl (C=O) groups is 1. The molecule has 6 heteroatoms. The quantitative estimate of drug-likeness (QED) is 0.800. The minimum Gasteiger partial charge on any atom is -0.341 e. The molecule has 108 valence electrons. The van der Waals surface area contributed by atoms with E-state index in [-0.39, 0.29) is 29.5 Å². The summed E-state index contributed by atoms with van der Waals surface area (Å²) < 4.78 is 22.1. The molecule has 0 heterocycles. The molecule has 0 aliphatic carbocycles. The highest BCUT2D eigenvalue weighted by atomic mass is 32.2. The van der Waals surface area contributed by atoms with Crippen LogP contribution in [0.1, 0.15) is 34.1 Å². The average molecular weight is 278 g/mol. The van der Waals surface area contributed by atoms with Gasteiger partial charge in [0.15, 0.2) is 0 Å². The smallest absolute Gasteiger partial charge is 0.239 e. The first kappa shape index (κ1) is 17.4. The van der Waals surface area contributed by atoms with Crippen LogP contribution in [0.15, 0.2) is 0 Å². The summed E-state index contributed by atoms with van der Waals surface area (Å²) >= 11 is 0. The van der Waals surface area contributed by atoms with Crippen LogP contribution in [0.4, 0.5) is 0 Å². The zero-order chi connectivity index (χ0) is 14.7. The van der Waals surface area contributed by atoms with Gasteiger partial charge in [0.05, 0.1) is 11.8 Å². The normalized spacial score (nSPS) is 16.2. The molecule has 0 spiro atoms. The van der Waals surface area contributed by atoms with E-state index in [2.05, 4.69) is 0 Å². The van der Waals surface area contributed by atoms with Crippen LogP contribution in [0.25, 0.3) is 0 Å². The summed E-state index contributed by atoms with van der Waals surface area (Å²) in [5, 5.41) is 0. The SMILES string of the molecule is CC(N(C)C(=O)C(N)CCS(C)(=O)=O)C(C)(C)C. The van der Waals surface area contributed by atoms with Gasteiger partial charge in [0.1, 0.15) is 9.84 Å². The number of likely N-dealkylation sites (N-methyl/N-ethyl adjacent to an activating group) is 1. The third-order valence-corrected chi connectivity index (χ3v) is 4.28. The Hall–Kier alpha value is -0.620. The van der Waals surface area contributed by atoms with Crippen molar-refractivity contribution in [3.63, 3.8) is 0 Å². The van der Waals surface area contributed by atoms with E-state index in [4.69, 9.17) is 5.73 Å². The molecule has 0 aromatic rings. The fourth-order valence-electron chi connectivity index (χ4n) is 1.50. The molecule has 0 fully saturated rings. The van der Waals surface area contributed by atoms with Crippen molar-refractivity contribution in [1.82, 2.24) is 4.90 Å². The Kier molecular flexibility index (Phi) is 5.81. The maximum atomic E-state index is 12.1. The van der Waals surface area contributed by atoms with Gasteiger partial charge in [-0.25, -0.2) is 8.42 Å². The van der Waals surface area contributed by atoms with Crippen LogP contribution in [0, 0.1) is 5.41 Å². The maximum absolute atomic E-state index is 12.1. The Labute approximate surface area is 111 Å². The maximum Gasteiger partial charge on any atom is 0.239 e. The summed E-state index contributed by atoms with van der Waals surface area (Å²) in [6.07, 6.45) is 1.31. The predicted octanol–water partition coefficient (Wildman–Crippen LogP) is 0.641. The molecule has 0 saturated carbocycles. The van der Waals surface area contributed by atoms with Gasteiger partial charge in [-0.2, -0.15) is 0 Å². The molecule has 0 bridgehead atoms. The van der Waals surface area contributed by atoms with Crippen molar-refractivity contribution < 1.29 is 13.2 Å². The van der Waals surface area contributed by atoms with Crippen molar-refractivity contribution in [1.29, 1.82) is 0 Å². The molecule has 0 rings (SSSR count). The second kappa shape index (κ2) is 6.02. The van der Waals surface area contributed by atoms with Gasteiger partial charge in [-0.1, -0.05) is 20.8 Å². The number of hydrogen-bond donors (Lipinski definition) is 1. The zero-order valence-corrected chi connectivity index (χ0v) is 13.0. The molecule has 0 radical (unpaired) electrons. The van der Waals surface area contributed by atoms with Crippen LogP contribution < -0.4 is 5.73 Å². The third kappa shape index (κ3) is 5.82. The molecule has 0 aromatic carbocycles. The van der Waals surface area contributed by atoms with Gasteiger partial charge in [0.25, 0.3) is 0 Å². The van der Waals surface area contributed by atoms with Crippen molar-refractivity contribution in [3.05, 3.63) is 0 Å². The van der Waals surface area contributed by atoms with E-state index >= 15 is 0 Å². The van der Waals surface area contributed by atoms with Gasteiger partial charge in [0, 0.05) is 19.3 Å². The number of rotatable bonds is 5. The van der Waals surface area contributed by atoms with E-state index in [1.165, 1.54) is 0 Å². The molecule has 1 amide bonds. The van der Waals surface area contributed by atoms with Crippen LogP contribution in [0.2, 0.25) is 0 Å². The lowest BCUT2D eigenvalue weighted by Gasteiger charge is -2.36. The Morgan fingerprint density at radius 3 is 2.11 bits per heavy atom. The zero-order valence-electron chi connectivity index (χ0n) is 12.2. The Bertz CT molecular complexity index is 385. The fourth-order valence-corrected chi connectivity index (χ4v) is 2.18. The van der Waals surface area contributed by atoms with Gasteiger partial charge in [0.2, 0.25) is 5.91 Å². The number of sulfone groups is 1. The Morgan fingerprint density at radius 2 is 1.78 bits per heavy atom. The summed E-state index contributed by atoms with van der Waals surface area (Å²) in [7, 11) is -1.37. The molecule has 0 aromatic heterocycles. The lowest BCUT2D eigenvalue weighted by molar-refractivity contribution is -0.135. The van der Waals surface area contributed by atoms with Gasteiger partial charge >= 0.3 is 0 Å². The van der Waals surface area contributed by atoms with Crippen molar-refractivity contribution >= 4 is 15.7 Å². The number of nitrogens with zero attached hydrogens (tertiary/aromatic N) is 1. The average Bonchev–Trinajstić information content (AvgIpc) is 2.20. The summed E-state index contributed by atoms with van der Waals surface area (Å²) in [4.78, 5) is 13.7. The highest BCUT2D eigenvalue weighted by Crippen LogP contribution is 2.23. The van der Waals surface area contributed by atoms with Crippen LogP contribution >= 0.6 is 0 Å². The lowest BCUT2D eigenvalue weighted by Crippen LogP contribution is -2.50. The van der Waals surface area contributed by atoms with E-state index in [0.717, 1.165) is 6.26 Å². The highest BCUT2D eigenvalue weighted by molar-refractivity contribution is 7.90. The third-order valence-electron chi connectivity index (χ3n) is 3.30. The molecule has 0 saturated heterocycles. The lowest BCUT2D eigenvalue weighted by atomic mass is 9.87. The standard InChI is InChI=1S/C12H26N2O3S/c1-9(12(2,3)4)14(5)11(15)10(13)7-8-18(6,16)17/h9-10H,7-8,13H2,1-6H3. The number of hydrogen-bond acceptors (Lipinski definition) is 4. The second-order valence-corrected chi connectivity index (χ2v) is 8.28. The molecular weight excluding hydrogens is 252 g/mol. The summed E-state index contributed by atoms with van der Waals surface area (Å²) in [6.45, 7) is 8.09. The molecule has 2 atom stereocenters. The van der Waals surface area contributed by atoms with Crippen molar-refractivity contribution in [2.45, 2.75) is 46.2 Å². The molecular formula is C12H26N2O3S. The molecule has 0 aliphatic heterocycles. The Balaban J connectivity index is 4.56. The van der Waals surface area contributed by atoms with E-state index in [0.29, 0.717) is 0 Å². The molecule has 18 heavy (non-hydrogen) atoms. The van der Waals surface area contributed by atoms with Gasteiger partial charge in [-0.15, -0.1) is 0 Å². The minimum atomic E-state index is -3.08. The summed E-state index contributed by atoms with van der Waals surface area (Å²) in [5.74, 6) is -0.265. The predicted molar refractivity (Wildman–Crippen MR) is 74.0 cm³/mol. The van der Waals surface area contributed by atoms with Gasteiger partial charge < -0.3 is 10.6 Å². The Morgan fingerprint density at radius 1 is 1.33 bits per heavy atom. The first-order valence-electron chi connectivity index (χ1n) is 6.06. The van der Waals surface area contributed by atoms with Crippen LogP contribution in [-0.4, -0.2) is 50.4 Å². The minimum absolute atomic E-state index is 0.0364. The van der Waals surface area contributed by atoms with Gasteiger partial charge in [-0.3, -0.25) is 4.79 Å². The monoisotopic (exact) mass is 278 g/mol. The molecule has 2 unspecified atom stereocenters. The van der Waals surface area contributed by atoms with E-state index in [1.807, 2.05) is 27.7 Å². The van der Waals surface area contributed by atoms with E-state index in [9.17, 15) is 13.2 Å². The largest absolute Gasteiger partial charge is 0.341 e. The first-order valence-corrected chi connectivity index (χ1v) is 8.12. The highest BCUT2D eigenvalue weighted by Gasteiger charge is 2.29. The molecule has 2 N–H and O–H groups in total. The topological polar surface area (TPSA) is 80.5 Å². The van der Waals surface area contributed by atoms with Crippen LogP contribution in [0.3, 0.4) is 0 Å². The van der Waals surface area contributed by atoms with E-state index in [1.54, 1.807) is 11.9 Å². The number of nitrogens with two attached hydrogens (primary N) is 1. The van der Waals surface area contributed by atoms with Crippen molar-refractivity contribution in [3.8, 4) is 0 Å². The first-order chi connectivity index (χ1) is 7.86. The van der Waals surface area contributed by atoms with E-state index < -0.39 is 15.9 Å². The summed E-state index contributed by atoms with van der Waals surface area (Å²) in [5.41, 5.74) is 5.71. The van der Waals surface area contributed by atoms with Gasteiger partial charge in [-0.05, 0) is 18.8 Å². The number of amides is 1. The van der Waals surface area contributed by atoms with Crippen molar-refractivity contribution in [2.24, 2.45) is 11.1 Å². The molecule has 0 aliphatic rings. The van der Waals surface area contributed by atoms with Crippen LogP contribution in [0.5, 0.6) is 0 Å².